The molecule has 0 aromatic heterocycles. The summed E-state index contributed by atoms with van der Waals surface area (Å²) in [7, 11) is 3.86. The first-order chi connectivity index (χ1) is 10.9. The van der Waals surface area contributed by atoms with Crippen LogP contribution < -0.4 is 10.1 Å². The molecule has 5 nitrogen and oxygen atoms in total. The second-order valence-corrected chi connectivity index (χ2v) is 6.82. The van der Waals surface area contributed by atoms with Gasteiger partial charge in [0, 0.05) is 18.3 Å². The third-order valence-electron chi connectivity index (χ3n) is 3.94. The summed E-state index contributed by atoms with van der Waals surface area (Å²) in [5.74, 6) is 0.780. The number of hydrogen-bond donors (Lipinski definition) is 2. The molecule has 5 heteroatoms. The number of hydrogen-bond acceptors (Lipinski definition) is 5. The van der Waals surface area contributed by atoms with Crippen molar-refractivity contribution >= 4 is 5.69 Å². The molecule has 1 aliphatic heterocycles. The Morgan fingerprint density at radius 3 is 2.39 bits per heavy atom. The van der Waals surface area contributed by atoms with E-state index in [9.17, 15) is 5.11 Å². The Balaban J connectivity index is 1.80. The van der Waals surface area contributed by atoms with Crippen LogP contribution in [0.25, 0.3) is 0 Å². The van der Waals surface area contributed by atoms with E-state index in [2.05, 4.69) is 19.2 Å². The molecule has 1 heterocycles. The van der Waals surface area contributed by atoms with Crippen LogP contribution in [0, 0.1) is 0 Å². The average Bonchev–Trinajstić information content (AvgIpc) is 2.45. The minimum atomic E-state index is -0.479. The maximum Gasteiger partial charge on any atom is 0.119 e. The summed E-state index contributed by atoms with van der Waals surface area (Å²) in [6.07, 6.45) is 2.18. The van der Waals surface area contributed by atoms with Crippen LogP contribution in [0.15, 0.2) is 24.3 Å². The standard InChI is InChI=1S/C18H30N2O3/c1-13-9-16(10-14(2)23-13)19-15-5-7-18(8-6-15)22-12-17(21)11-20(3)4/h5-8,13-14,16-17,19,21H,9-12H2,1-4H3. The van der Waals surface area contributed by atoms with Gasteiger partial charge in [-0.25, -0.2) is 0 Å². The van der Waals surface area contributed by atoms with E-state index in [0.717, 1.165) is 24.3 Å². The van der Waals surface area contributed by atoms with Crippen molar-refractivity contribution in [2.24, 2.45) is 0 Å². The highest BCUT2D eigenvalue weighted by Crippen LogP contribution is 2.24. The lowest BCUT2D eigenvalue weighted by atomic mass is 9.99. The van der Waals surface area contributed by atoms with Gasteiger partial charge < -0.3 is 24.8 Å². The van der Waals surface area contributed by atoms with Crippen molar-refractivity contribution in [3.63, 3.8) is 0 Å². The normalized spacial score (nSPS) is 26.1. The lowest BCUT2D eigenvalue weighted by Crippen LogP contribution is -2.36. The fourth-order valence-corrected chi connectivity index (χ4v) is 3.07. The summed E-state index contributed by atoms with van der Waals surface area (Å²) in [6, 6.07) is 8.38. The van der Waals surface area contributed by atoms with E-state index < -0.39 is 6.10 Å². The number of likely N-dealkylation sites (N-methyl/N-ethyl adjacent to an activating group) is 1. The molecular weight excluding hydrogens is 292 g/mol. The van der Waals surface area contributed by atoms with Crippen LogP contribution in [-0.2, 0) is 4.74 Å². The number of aliphatic hydroxyl groups excluding tert-OH is 1. The first kappa shape index (κ1) is 18.0. The van der Waals surface area contributed by atoms with Crippen molar-refractivity contribution in [1.82, 2.24) is 4.90 Å². The molecule has 2 rings (SSSR count). The lowest BCUT2D eigenvalue weighted by Gasteiger charge is -2.33. The van der Waals surface area contributed by atoms with Crippen LogP contribution >= 0.6 is 0 Å². The first-order valence-corrected chi connectivity index (χ1v) is 8.40. The third kappa shape index (κ3) is 6.37. The smallest absolute Gasteiger partial charge is 0.119 e. The van der Waals surface area contributed by atoms with Gasteiger partial charge >= 0.3 is 0 Å². The molecule has 0 saturated carbocycles. The van der Waals surface area contributed by atoms with Gasteiger partial charge in [0.1, 0.15) is 18.5 Å². The van der Waals surface area contributed by atoms with Crippen molar-refractivity contribution in [1.29, 1.82) is 0 Å². The number of benzene rings is 1. The Morgan fingerprint density at radius 1 is 1.22 bits per heavy atom. The number of nitrogens with zero attached hydrogens (tertiary/aromatic N) is 1. The maximum atomic E-state index is 9.81. The molecule has 0 amide bonds. The van der Waals surface area contributed by atoms with Gasteiger partial charge in [0.15, 0.2) is 0 Å². The van der Waals surface area contributed by atoms with Gasteiger partial charge in [-0.3, -0.25) is 0 Å². The van der Waals surface area contributed by atoms with E-state index in [1.54, 1.807) is 0 Å². The number of nitrogens with one attached hydrogen (secondary N) is 1. The number of anilines is 1. The monoisotopic (exact) mass is 322 g/mol. The summed E-state index contributed by atoms with van der Waals surface area (Å²) < 4.78 is 11.4. The van der Waals surface area contributed by atoms with E-state index in [4.69, 9.17) is 9.47 Å². The largest absolute Gasteiger partial charge is 0.491 e. The molecular formula is C18H30N2O3. The Labute approximate surface area is 139 Å². The molecule has 0 aliphatic carbocycles. The zero-order chi connectivity index (χ0) is 16.8. The van der Waals surface area contributed by atoms with Gasteiger partial charge in [0.25, 0.3) is 0 Å². The molecule has 1 aromatic carbocycles. The second kappa shape index (κ2) is 8.52. The molecule has 1 fully saturated rings. The highest BCUT2D eigenvalue weighted by atomic mass is 16.5. The van der Waals surface area contributed by atoms with Crippen LogP contribution in [0.5, 0.6) is 5.75 Å². The lowest BCUT2D eigenvalue weighted by molar-refractivity contribution is -0.0337. The maximum absolute atomic E-state index is 9.81. The number of aliphatic hydroxyl groups is 1. The fourth-order valence-electron chi connectivity index (χ4n) is 3.07. The predicted molar refractivity (Wildman–Crippen MR) is 93.2 cm³/mol. The van der Waals surface area contributed by atoms with Crippen LogP contribution in [0.4, 0.5) is 5.69 Å². The first-order valence-electron chi connectivity index (χ1n) is 8.40. The van der Waals surface area contributed by atoms with E-state index in [-0.39, 0.29) is 0 Å². The third-order valence-corrected chi connectivity index (χ3v) is 3.94. The Hall–Kier alpha value is -1.30. The van der Waals surface area contributed by atoms with Crippen LogP contribution in [0.3, 0.4) is 0 Å². The molecule has 0 bridgehead atoms. The van der Waals surface area contributed by atoms with E-state index in [0.29, 0.717) is 31.4 Å². The second-order valence-electron chi connectivity index (χ2n) is 6.82. The van der Waals surface area contributed by atoms with Gasteiger partial charge in [-0.15, -0.1) is 0 Å². The fraction of sp³-hybridized carbons (Fsp3) is 0.667. The van der Waals surface area contributed by atoms with Gasteiger partial charge in [-0.05, 0) is 65.0 Å². The summed E-state index contributed by atoms with van der Waals surface area (Å²) in [5.41, 5.74) is 1.09. The quantitative estimate of drug-likeness (QED) is 0.807. The Bertz CT molecular complexity index is 454. The molecule has 1 saturated heterocycles. The predicted octanol–water partition coefficient (Wildman–Crippen LogP) is 2.36. The zero-order valence-corrected chi connectivity index (χ0v) is 14.7. The minimum absolute atomic E-state index is 0.303. The van der Waals surface area contributed by atoms with Crippen molar-refractivity contribution < 1.29 is 14.6 Å². The van der Waals surface area contributed by atoms with Gasteiger partial charge in [-0.1, -0.05) is 0 Å². The van der Waals surface area contributed by atoms with Crippen molar-refractivity contribution in [2.75, 3.05) is 32.6 Å². The van der Waals surface area contributed by atoms with Crippen LogP contribution in [0.2, 0.25) is 0 Å². The van der Waals surface area contributed by atoms with E-state index >= 15 is 0 Å². The topological polar surface area (TPSA) is 54.0 Å². The molecule has 0 radical (unpaired) electrons. The molecule has 0 spiro atoms. The highest BCUT2D eigenvalue weighted by molar-refractivity contribution is 5.47. The summed E-state index contributed by atoms with van der Waals surface area (Å²) in [6.45, 7) is 5.15. The molecule has 1 aromatic rings. The van der Waals surface area contributed by atoms with E-state index in [1.165, 1.54) is 0 Å². The van der Waals surface area contributed by atoms with Gasteiger partial charge in [0.05, 0.1) is 12.2 Å². The van der Waals surface area contributed by atoms with Crippen LogP contribution in [0.1, 0.15) is 26.7 Å². The Morgan fingerprint density at radius 2 is 1.83 bits per heavy atom. The average molecular weight is 322 g/mol. The molecule has 3 unspecified atom stereocenters. The van der Waals surface area contributed by atoms with Crippen molar-refractivity contribution in [3.8, 4) is 5.75 Å². The molecule has 2 N–H and O–H groups in total. The number of ether oxygens (including phenoxy) is 2. The van der Waals surface area contributed by atoms with Gasteiger partial charge in [0.2, 0.25) is 0 Å². The molecule has 130 valence electrons. The Kier molecular flexibility index (Phi) is 6.69. The molecule has 1 aliphatic rings. The minimum Gasteiger partial charge on any atom is -0.491 e. The summed E-state index contributed by atoms with van der Waals surface area (Å²) in [5, 5.41) is 13.4. The van der Waals surface area contributed by atoms with Crippen molar-refractivity contribution in [2.45, 2.75) is 51.0 Å². The SMILES string of the molecule is CC1CC(Nc2ccc(OCC(O)CN(C)C)cc2)CC(C)O1. The zero-order valence-electron chi connectivity index (χ0n) is 14.7. The van der Waals surface area contributed by atoms with Gasteiger partial charge in [-0.2, -0.15) is 0 Å². The van der Waals surface area contributed by atoms with Crippen LogP contribution in [-0.4, -0.2) is 61.6 Å². The summed E-state index contributed by atoms with van der Waals surface area (Å²) >= 11 is 0. The molecule has 3 atom stereocenters. The summed E-state index contributed by atoms with van der Waals surface area (Å²) in [4.78, 5) is 1.94. The van der Waals surface area contributed by atoms with E-state index in [1.807, 2.05) is 43.3 Å². The number of rotatable bonds is 7. The highest BCUT2D eigenvalue weighted by Gasteiger charge is 2.24. The molecule has 23 heavy (non-hydrogen) atoms. The van der Waals surface area contributed by atoms with Crippen molar-refractivity contribution in [3.05, 3.63) is 24.3 Å².